The highest BCUT2D eigenvalue weighted by Gasteiger charge is 2.30. The van der Waals surface area contributed by atoms with Crippen LogP contribution in [0.4, 0.5) is 0 Å². The van der Waals surface area contributed by atoms with Gasteiger partial charge in [0.25, 0.3) is 7.37 Å². The topological polar surface area (TPSA) is 38.8 Å². The fourth-order valence-corrected chi connectivity index (χ4v) is 5.11. The van der Waals surface area contributed by atoms with Crippen LogP contribution in [0.15, 0.2) is 21.4 Å². The van der Waals surface area contributed by atoms with Crippen molar-refractivity contribution in [2.24, 2.45) is 0 Å². The molecule has 1 rings (SSSR count). The summed E-state index contributed by atoms with van der Waals surface area (Å²) in [4.78, 5) is 2.84. The van der Waals surface area contributed by atoms with Gasteiger partial charge in [0.15, 0.2) is 0 Å². The number of hydrogen-bond acceptors (Lipinski definition) is 5. The van der Waals surface area contributed by atoms with E-state index in [0.29, 0.717) is 12.0 Å². The van der Waals surface area contributed by atoms with Gasteiger partial charge in [0.05, 0.1) is 6.61 Å². The highest BCUT2D eigenvalue weighted by molar-refractivity contribution is 9.10. The fourth-order valence-electron chi connectivity index (χ4n) is 1.61. The maximum atomic E-state index is 12.9. The summed E-state index contributed by atoms with van der Waals surface area (Å²) in [5, 5.41) is 1.99. The van der Waals surface area contributed by atoms with Crippen molar-refractivity contribution in [2.45, 2.75) is 6.92 Å². The van der Waals surface area contributed by atoms with Gasteiger partial charge in [-0.15, -0.1) is 11.3 Å². The zero-order chi connectivity index (χ0) is 14.5. The van der Waals surface area contributed by atoms with Crippen LogP contribution in [0.1, 0.15) is 11.8 Å². The molecule has 1 unspecified atom stereocenters. The van der Waals surface area contributed by atoms with Crippen LogP contribution in [0.5, 0.6) is 0 Å². The summed E-state index contributed by atoms with van der Waals surface area (Å²) in [6, 6.07) is 1.98. The molecule has 19 heavy (non-hydrogen) atoms. The van der Waals surface area contributed by atoms with Gasteiger partial charge in [0.1, 0.15) is 11.8 Å². The molecule has 0 spiro atoms. The Morgan fingerprint density at radius 3 is 2.68 bits per heavy atom. The summed E-state index contributed by atoms with van der Waals surface area (Å²) in [6.07, 6.45) is 1.97. The number of ether oxygens (including phenoxy) is 1. The number of methoxy groups -OCH3 is 1. The molecule has 0 aliphatic carbocycles. The van der Waals surface area contributed by atoms with Crippen molar-refractivity contribution in [2.75, 3.05) is 34.2 Å². The molecule has 1 heterocycles. The van der Waals surface area contributed by atoms with Gasteiger partial charge in [-0.2, -0.15) is 0 Å². The molecule has 0 aromatic carbocycles. The molecular formula is C12H19BrNO3PS. The quantitative estimate of drug-likeness (QED) is 0.673. The average Bonchev–Trinajstić information content (AvgIpc) is 2.72. The summed E-state index contributed by atoms with van der Waals surface area (Å²) < 4.78 is 24.5. The minimum Gasteiger partial charge on any atom is -0.374 e. The van der Waals surface area contributed by atoms with Gasteiger partial charge in [-0.05, 0) is 35.0 Å². The predicted molar refractivity (Wildman–Crippen MR) is 84.8 cm³/mol. The molecule has 1 aromatic heterocycles. The lowest BCUT2D eigenvalue weighted by Gasteiger charge is -2.25. The van der Waals surface area contributed by atoms with Crippen LogP contribution in [0.3, 0.4) is 0 Å². The van der Waals surface area contributed by atoms with Crippen molar-refractivity contribution in [1.29, 1.82) is 0 Å². The average molecular weight is 368 g/mol. The second-order valence-corrected chi connectivity index (χ2v) is 8.25. The highest BCUT2D eigenvalue weighted by Crippen LogP contribution is 2.56. The van der Waals surface area contributed by atoms with Crippen molar-refractivity contribution >= 4 is 40.7 Å². The first kappa shape index (κ1) is 16.9. The Bertz CT molecular complexity index is 477. The second-order valence-electron chi connectivity index (χ2n) is 4.07. The van der Waals surface area contributed by atoms with E-state index in [2.05, 4.69) is 15.9 Å². The van der Waals surface area contributed by atoms with Gasteiger partial charge in [0.2, 0.25) is 0 Å². The summed E-state index contributed by atoms with van der Waals surface area (Å²) in [5.41, 5.74) is 0.658. The van der Waals surface area contributed by atoms with Crippen LogP contribution in [-0.4, -0.2) is 39.1 Å². The van der Waals surface area contributed by atoms with Gasteiger partial charge in [-0.3, -0.25) is 4.57 Å². The predicted octanol–water partition coefficient (Wildman–Crippen LogP) is 4.29. The first-order valence-electron chi connectivity index (χ1n) is 5.79. The molecule has 0 amide bonds. The van der Waals surface area contributed by atoms with Crippen LogP contribution >= 0.6 is 34.6 Å². The van der Waals surface area contributed by atoms with Crippen LogP contribution < -0.4 is 0 Å². The summed E-state index contributed by atoms with van der Waals surface area (Å²) in [6.45, 7) is 2.22. The third kappa shape index (κ3) is 4.72. The number of rotatable bonds is 7. The van der Waals surface area contributed by atoms with E-state index in [9.17, 15) is 4.57 Å². The van der Waals surface area contributed by atoms with E-state index in [0.717, 1.165) is 9.35 Å². The van der Waals surface area contributed by atoms with Crippen molar-refractivity contribution in [3.05, 3.63) is 26.2 Å². The maximum Gasteiger partial charge on any atom is 0.272 e. The molecule has 4 nitrogen and oxygen atoms in total. The molecular weight excluding hydrogens is 349 g/mol. The largest absolute Gasteiger partial charge is 0.374 e. The molecule has 7 heteroatoms. The molecule has 0 aliphatic rings. The third-order valence-electron chi connectivity index (χ3n) is 2.30. The Morgan fingerprint density at radius 2 is 2.26 bits per heavy atom. The van der Waals surface area contributed by atoms with Gasteiger partial charge in [0, 0.05) is 35.9 Å². The van der Waals surface area contributed by atoms with E-state index < -0.39 is 7.37 Å². The van der Waals surface area contributed by atoms with E-state index in [1.807, 2.05) is 43.4 Å². The molecule has 0 aliphatic heterocycles. The molecule has 0 saturated heterocycles. The Hall–Kier alpha value is -0.130. The van der Waals surface area contributed by atoms with Crippen LogP contribution in [-0.2, 0) is 13.8 Å². The van der Waals surface area contributed by atoms with E-state index in [-0.39, 0.29) is 6.35 Å². The van der Waals surface area contributed by atoms with Crippen LogP contribution in [0, 0.1) is 0 Å². The fraction of sp³-hybridized carbons (Fsp3) is 0.500. The van der Waals surface area contributed by atoms with Crippen LogP contribution in [0.2, 0.25) is 0 Å². The van der Waals surface area contributed by atoms with Crippen molar-refractivity contribution in [3.8, 4) is 0 Å². The second kappa shape index (κ2) is 7.60. The molecule has 0 N–H and O–H groups in total. The van der Waals surface area contributed by atoms with Gasteiger partial charge in [-0.1, -0.05) is 0 Å². The molecule has 108 valence electrons. The smallest absolute Gasteiger partial charge is 0.272 e. The normalized spacial score (nSPS) is 15.3. The standard InChI is InChI=1S/C12H19BrNO3PS/c1-5-17-18(15,9-16-4)12(14(2)3)7-11-6-10(13)8-19-11/h6-8H,5,9H2,1-4H3/b12-7+. The molecule has 1 atom stereocenters. The number of halogens is 1. The summed E-state index contributed by atoms with van der Waals surface area (Å²) in [7, 11) is 2.26. The summed E-state index contributed by atoms with van der Waals surface area (Å²) in [5.74, 6) is 0. The SMILES string of the molecule is CCOP(=O)(COC)/C(=C/c1cc(Br)cs1)N(C)C. The Morgan fingerprint density at radius 1 is 1.58 bits per heavy atom. The molecule has 0 fully saturated rings. The number of hydrogen-bond donors (Lipinski definition) is 0. The van der Waals surface area contributed by atoms with Crippen LogP contribution in [0.25, 0.3) is 6.08 Å². The third-order valence-corrected chi connectivity index (χ3v) is 6.44. The molecule has 0 radical (unpaired) electrons. The van der Waals surface area contributed by atoms with E-state index in [1.165, 1.54) is 7.11 Å². The van der Waals surface area contributed by atoms with Gasteiger partial charge < -0.3 is 14.2 Å². The lowest BCUT2D eigenvalue weighted by molar-refractivity contribution is 0.222. The maximum absolute atomic E-state index is 12.9. The zero-order valence-corrected chi connectivity index (χ0v) is 14.8. The lowest BCUT2D eigenvalue weighted by Crippen LogP contribution is -2.15. The number of thiophene rings is 1. The zero-order valence-electron chi connectivity index (χ0n) is 11.6. The summed E-state index contributed by atoms with van der Waals surface area (Å²) >= 11 is 4.99. The van der Waals surface area contributed by atoms with Crippen molar-refractivity contribution < 1.29 is 13.8 Å². The molecule has 0 bridgehead atoms. The Labute approximate surface area is 127 Å². The van der Waals surface area contributed by atoms with E-state index >= 15 is 0 Å². The monoisotopic (exact) mass is 367 g/mol. The minimum absolute atomic E-state index is 0.0808. The Kier molecular flexibility index (Phi) is 6.77. The highest BCUT2D eigenvalue weighted by atomic mass is 79.9. The van der Waals surface area contributed by atoms with E-state index in [4.69, 9.17) is 9.26 Å². The lowest BCUT2D eigenvalue weighted by atomic mass is 10.4. The van der Waals surface area contributed by atoms with Gasteiger partial charge >= 0.3 is 0 Å². The van der Waals surface area contributed by atoms with Crippen molar-refractivity contribution in [3.63, 3.8) is 0 Å². The first-order valence-corrected chi connectivity index (χ1v) is 9.27. The minimum atomic E-state index is -2.99. The molecule has 1 aromatic rings. The number of nitrogens with zero attached hydrogens (tertiary/aromatic N) is 1. The van der Waals surface area contributed by atoms with E-state index in [1.54, 1.807) is 11.3 Å². The Balaban J connectivity index is 3.17. The van der Waals surface area contributed by atoms with Gasteiger partial charge in [-0.25, -0.2) is 0 Å². The molecule has 0 saturated carbocycles. The first-order chi connectivity index (χ1) is 8.92. The van der Waals surface area contributed by atoms with Crippen molar-refractivity contribution in [1.82, 2.24) is 4.90 Å².